The molecule has 0 aromatic carbocycles. The fraction of sp³-hybridized carbons (Fsp3) is 0.222. The highest BCUT2D eigenvalue weighted by atomic mass is 15.4. The van der Waals surface area contributed by atoms with Crippen LogP contribution < -0.4 is 0 Å². The Labute approximate surface area is 67.4 Å². The molecule has 0 radical (unpaired) electrons. The smallest absolute Gasteiger partial charge is 0.195 e. The first kappa shape index (κ1) is 7.95. The molecule has 2 nitrogen and oxygen atoms in total. The fourth-order valence-electron chi connectivity index (χ4n) is 1.15. The first-order valence-corrected chi connectivity index (χ1v) is 3.63. The van der Waals surface area contributed by atoms with Crippen LogP contribution in [0.3, 0.4) is 0 Å². The van der Waals surface area contributed by atoms with E-state index in [0.29, 0.717) is 0 Å². The van der Waals surface area contributed by atoms with Gasteiger partial charge in [0.1, 0.15) is 19.3 Å². The fourth-order valence-corrected chi connectivity index (χ4v) is 1.15. The van der Waals surface area contributed by atoms with Crippen LogP contribution in [0.1, 0.15) is 0 Å². The molecule has 0 saturated carbocycles. The molecule has 0 aliphatic carbocycles. The molecule has 0 unspecified atom stereocenters. The van der Waals surface area contributed by atoms with Gasteiger partial charge in [-0.1, -0.05) is 13.2 Å². The van der Waals surface area contributed by atoms with Crippen molar-refractivity contribution < 1.29 is 4.48 Å². The molecule has 1 aliphatic heterocycles. The van der Waals surface area contributed by atoms with Crippen molar-refractivity contribution in [3.63, 3.8) is 0 Å². The molecule has 1 rings (SSSR count). The van der Waals surface area contributed by atoms with Crippen LogP contribution in [-0.2, 0) is 0 Å². The summed E-state index contributed by atoms with van der Waals surface area (Å²) < 4.78 is 0.729. The van der Waals surface area contributed by atoms with Crippen LogP contribution in [0.15, 0.2) is 42.7 Å². The van der Waals surface area contributed by atoms with Crippen molar-refractivity contribution in [2.24, 2.45) is 4.99 Å². The Kier molecular flexibility index (Phi) is 2.39. The maximum Gasteiger partial charge on any atom is 0.195 e. The normalized spacial score (nSPS) is 18.5. The highest BCUT2D eigenvalue weighted by molar-refractivity contribution is 5.51. The minimum atomic E-state index is 0.729. The van der Waals surface area contributed by atoms with E-state index < -0.39 is 0 Å². The molecule has 0 atom stereocenters. The molecule has 0 aromatic rings. The minimum absolute atomic E-state index is 0.729. The Balaban J connectivity index is 2.70. The molecule has 0 aromatic heterocycles. The quantitative estimate of drug-likeness (QED) is 0.426. The lowest BCUT2D eigenvalue weighted by Gasteiger charge is -2.23. The average Bonchev–Trinajstić information content (AvgIpc) is 2.39. The number of aliphatic imine (C=N–C) groups is 1. The molecule has 0 spiro atoms. The van der Waals surface area contributed by atoms with Crippen LogP contribution in [0.25, 0.3) is 0 Å². The van der Waals surface area contributed by atoms with E-state index in [0.717, 1.165) is 17.6 Å². The van der Waals surface area contributed by atoms with Gasteiger partial charge >= 0.3 is 0 Å². The molecule has 1 heterocycles. The van der Waals surface area contributed by atoms with E-state index >= 15 is 0 Å². The number of hydrogen-bond acceptors (Lipinski definition) is 1. The third-order valence-electron chi connectivity index (χ3n) is 1.68. The zero-order valence-electron chi connectivity index (χ0n) is 6.61. The first-order chi connectivity index (χ1) is 5.33. The van der Waals surface area contributed by atoms with Crippen molar-refractivity contribution in [3.8, 4) is 0 Å². The number of quaternary nitrogens is 1. The molecule has 58 valence electrons. The van der Waals surface area contributed by atoms with Gasteiger partial charge in [0, 0.05) is 0 Å². The predicted molar refractivity (Wildman–Crippen MR) is 48.0 cm³/mol. The van der Waals surface area contributed by atoms with E-state index in [1.54, 1.807) is 0 Å². The minimum Gasteiger partial charge on any atom is -0.247 e. The van der Waals surface area contributed by atoms with Gasteiger partial charge in [0.25, 0.3) is 0 Å². The van der Waals surface area contributed by atoms with Crippen LogP contribution in [0.5, 0.6) is 0 Å². The predicted octanol–water partition coefficient (Wildman–Crippen LogP) is 1.69. The van der Waals surface area contributed by atoms with Crippen LogP contribution in [0.4, 0.5) is 0 Å². The zero-order chi connectivity index (χ0) is 8.16. The lowest BCUT2D eigenvalue weighted by molar-refractivity contribution is -0.765. The maximum atomic E-state index is 4.05. The average molecular weight is 149 g/mol. The lowest BCUT2D eigenvalue weighted by Crippen LogP contribution is -2.39. The number of hydrogen-bond donors (Lipinski definition) is 0. The summed E-state index contributed by atoms with van der Waals surface area (Å²) in [5.74, 6) is 0. The van der Waals surface area contributed by atoms with Crippen LogP contribution in [0, 0.1) is 0 Å². The van der Waals surface area contributed by atoms with Crippen LogP contribution in [0.2, 0.25) is 0 Å². The number of nitrogens with zero attached hydrogens (tertiary/aromatic N) is 2. The van der Waals surface area contributed by atoms with Crippen molar-refractivity contribution in [3.05, 3.63) is 37.7 Å². The molecular formula is C9H13N2+. The largest absolute Gasteiger partial charge is 0.247 e. The van der Waals surface area contributed by atoms with Crippen molar-refractivity contribution in [1.29, 1.82) is 0 Å². The van der Waals surface area contributed by atoms with Gasteiger partial charge in [0.15, 0.2) is 6.34 Å². The highest BCUT2D eigenvalue weighted by Gasteiger charge is 2.21. The van der Waals surface area contributed by atoms with Crippen LogP contribution in [-0.4, -0.2) is 23.9 Å². The van der Waals surface area contributed by atoms with Gasteiger partial charge in [0.05, 0.1) is 6.20 Å². The van der Waals surface area contributed by atoms with Crippen molar-refractivity contribution in [2.75, 3.05) is 13.1 Å². The molecular weight excluding hydrogens is 136 g/mol. The molecule has 11 heavy (non-hydrogen) atoms. The molecule has 1 aliphatic rings. The Bertz CT molecular complexity index is 190. The molecule has 2 heteroatoms. The Morgan fingerprint density at radius 2 is 1.91 bits per heavy atom. The Morgan fingerprint density at radius 3 is 2.27 bits per heavy atom. The van der Waals surface area contributed by atoms with Gasteiger partial charge in [-0.25, -0.2) is 9.48 Å². The summed E-state index contributed by atoms with van der Waals surface area (Å²) in [7, 11) is 0. The van der Waals surface area contributed by atoms with E-state index in [4.69, 9.17) is 0 Å². The van der Waals surface area contributed by atoms with Crippen LogP contribution >= 0.6 is 0 Å². The first-order valence-electron chi connectivity index (χ1n) is 3.63. The topological polar surface area (TPSA) is 12.4 Å². The van der Waals surface area contributed by atoms with Gasteiger partial charge in [-0.15, -0.1) is 0 Å². The van der Waals surface area contributed by atoms with E-state index in [-0.39, 0.29) is 0 Å². The summed E-state index contributed by atoms with van der Waals surface area (Å²) in [6.45, 7) is 9.17. The van der Waals surface area contributed by atoms with E-state index in [2.05, 4.69) is 18.2 Å². The standard InChI is InChI=1S/C9H13N2/c1-3-6-11(7-4-2)8-5-10-9-11/h3-5,8-9H,1-2,6-7H2/q+1. The summed E-state index contributed by atoms with van der Waals surface area (Å²) >= 11 is 0. The third-order valence-corrected chi connectivity index (χ3v) is 1.68. The van der Waals surface area contributed by atoms with Gasteiger partial charge in [0.2, 0.25) is 0 Å². The second-order valence-electron chi connectivity index (χ2n) is 2.61. The van der Waals surface area contributed by atoms with Gasteiger partial charge < -0.3 is 0 Å². The summed E-state index contributed by atoms with van der Waals surface area (Å²) in [6, 6.07) is 0. The lowest BCUT2D eigenvalue weighted by atomic mass is 10.4. The second-order valence-corrected chi connectivity index (χ2v) is 2.61. The third kappa shape index (κ3) is 1.65. The SMILES string of the molecule is C=CC[N+]1(CC=C)C=CN=C1. The van der Waals surface area contributed by atoms with Gasteiger partial charge in [-0.05, 0) is 12.2 Å². The molecule has 0 fully saturated rings. The second kappa shape index (κ2) is 3.30. The van der Waals surface area contributed by atoms with E-state index in [1.165, 1.54) is 0 Å². The molecule has 0 amide bonds. The molecule has 0 saturated heterocycles. The highest BCUT2D eigenvalue weighted by Crippen LogP contribution is 2.10. The summed E-state index contributed by atoms with van der Waals surface area (Å²) in [4.78, 5) is 4.05. The van der Waals surface area contributed by atoms with Crippen molar-refractivity contribution in [1.82, 2.24) is 0 Å². The summed E-state index contributed by atoms with van der Waals surface area (Å²) in [5.41, 5.74) is 0. The van der Waals surface area contributed by atoms with Crippen molar-refractivity contribution in [2.45, 2.75) is 0 Å². The van der Waals surface area contributed by atoms with Gasteiger partial charge in [-0.2, -0.15) is 0 Å². The molecule has 0 bridgehead atoms. The zero-order valence-corrected chi connectivity index (χ0v) is 6.61. The van der Waals surface area contributed by atoms with Crippen molar-refractivity contribution >= 4 is 6.34 Å². The molecule has 0 N–H and O–H groups in total. The van der Waals surface area contributed by atoms with E-state index in [1.807, 2.05) is 30.9 Å². The Hall–Kier alpha value is -1.15. The summed E-state index contributed by atoms with van der Waals surface area (Å²) in [5, 5.41) is 0. The monoisotopic (exact) mass is 149 g/mol. The Morgan fingerprint density at radius 1 is 1.27 bits per heavy atom. The number of rotatable bonds is 4. The summed E-state index contributed by atoms with van der Waals surface area (Å²) in [6.07, 6.45) is 9.55. The maximum absolute atomic E-state index is 4.05. The van der Waals surface area contributed by atoms with E-state index in [9.17, 15) is 0 Å². The van der Waals surface area contributed by atoms with Gasteiger partial charge in [-0.3, -0.25) is 0 Å².